The molecular formula is C29H21FN12O6. The van der Waals surface area contributed by atoms with Crippen LogP contribution in [0.4, 0.5) is 15.8 Å². The first-order valence-electron chi connectivity index (χ1n) is 13.9. The van der Waals surface area contributed by atoms with Crippen LogP contribution in [0.5, 0.6) is 0 Å². The third-order valence-corrected chi connectivity index (χ3v) is 6.93. The number of amides is 2. The fraction of sp³-hybridized carbons (Fsp3) is 0.103. The summed E-state index contributed by atoms with van der Waals surface area (Å²) in [6.45, 7) is 0. The molecule has 0 spiro atoms. The standard InChI is InChI=1S/C29H21FN12O6/c30-18-12-17(28(45)46)21(33-27(44)20-5-7-24-37-39-40-42(24)38-20)11-16(18)3-1-2-15-10-22(25(29(47)48)32-13-15)34-26(43)19-4-6-23(36-35-19)41-9-8-31-14-41/h4-14H,1-3H2,(H,33,44)(H,34,43)(H,45,46)(H,47,48). The van der Waals surface area contributed by atoms with Crippen LogP contribution in [-0.4, -0.2) is 84.0 Å². The lowest BCUT2D eigenvalue weighted by Crippen LogP contribution is -2.18. The van der Waals surface area contributed by atoms with Gasteiger partial charge in [0.05, 0.1) is 16.9 Å². The number of nitrogens with zero attached hydrogens (tertiary/aromatic N) is 10. The quantitative estimate of drug-likeness (QED) is 0.157. The van der Waals surface area contributed by atoms with Gasteiger partial charge < -0.3 is 20.8 Å². The van der Waals surface area contributed by atoms with Gasteiger partial charge in [0, 0.05) is 18.6 Å². The summed E-state index contributed by atoms with van der Waals surface area (Å²) >= 11 is 0. The van der Waals surface area contributed by atoms with Gasteiger partial charge in [0.2, 0.25) is 0 Å². The van der Waals surface area contributed by atoms with E-state index in [2.05, 4.69) is 51.4 Å². The number of carboxylic acid groups (broad SMARTS) is 2. The van der Waals surface area contributed by atoms with E-state index in [1.54, 1.807) is 23.0 Å². The maximum atomic E-state index is 15.0. The number of halogens is 1. The van der Waals surface area contributed by atoms with Gasteiger partial charge in [0.1, 0.15) is 12.1 Å². The highest BCUT2D eigenvalue weighted by molar-refractivity contribution is 6.07. The Hall–Kier alpha value is -7.05. The number of carboxylic acids is 2. The van der Waals surface area contributed by atoms with Gasteiger partial charge in [-0.2, -0.15) is 0 Å². The SMILES string of the molecule is O=C(Nc1cc(CCCc2cnc(C(=O)O)c(NC(=O)c3ccc(-n4ccnc4)nn3)c2)c(F)cc1C(=O)O)c1ccc2nnnn2n1. The number of tetrazole rings is 1. The van der Waals surface area contributed by atoms with E-state index < -0.39 is 40.8 Å². The number of benzene rings is 1. The van der Waals surface area contributed by atoms with Gasteiger partial charge in [-0.3, -0.25) is 14.2 Å². The van der Waals surface area contributed by atoms with Crippen LogP contribution in [0.3, 0.4) is 0 Å². The van der Waals surface area contributed by atoms with E-state index in [1.165, 1.54) is 42.9 Å². The van der Waals surface area contributed by atoms with Crippen LogP contribution in [0.25, 0.3) is 11.5 Å². The first kappa shape index (κ1) is 31.0. The first-order chi connectivity index (χ1) is 23.2. The molecule has 0 aliphatic carbocycles. The summed E-state index contributed by atoms with van der Waals surface area (Å²) < 4.78 is 17.6. The summed E-state index contributed by atoms with van der Waals surface area (Å²) in [6, 6.07) is 9.22. The largest absolute Gasteiger partial charge is 0.478 e. The monoisotopic (exact) mass is 652 g/mol. The van der Waals surface area contributed by atoms with Crippen molar-refractivity contribution in [3.63, 3.8) is 0 Å². The molecule has 1 aromatic carbocycles. The van der Waals surface area contributed by atoms with E-state index in [9.17, 15) is 33.8 Å². The van der Waals surface area contributed by atoms with Crippen molar-refractivity contribution in [1.82, 2.24) is 50.0 Å². The number of pyridine rings is 1. The molecule has 240 valence electrons. The number of carbonyl (C=O) groups excluding carboxylic acids is 2. The van der Waals surface area contributed by atoms with Gasteiger partial charge in [0.25, 0.3) is 11.8 Å². The van der Waals surface area contributed by atoms with Crippen molar-refractivity contribution < 1.29 is 33.8 Å². The summed E-state index contributed by atoms with van der Waals surface area (Å²) in [6.07, 6.45) is 6.71. The Labute approximate surface area is 267 Å². The average Bonchev–Trinajstić information content (AvgIpc) is 3.78. The number of hydrogen-bond acceptors (Lipinski definition) is 12. The van der Waals surface area contributed by atoms with Gasteiger partial charge in [-0.1, -0.05) is 0 Å². The van der Waals surface area contributed by atoms with Crippen LogP contribution in [0.2, 0.25) is 0 Å². The second-order valence-corrected chi connectivity index (χ2v) is 10.1. The zero-order valence-corrected chi connectivity index (χ0v) is 24.3. The van der Waals surface area contributed by atoms with E-state index >= 15 is 0 Å². The lowest BCUT2D eigenvalue weighted by atomic mass is 10.0. The Morgan fingerprint density at radius 1 is 0.854 bits per heavy atom. The Morgan fingerprint density at radius 3 is 2.38 bits per heavy atom. The fourth-order valence-electron chi connectivity index (χ4n) is 4.61. The minimum Gasteiger partial charge on any atom is -0.478 e. The van der Waals surface area contributed by atoms with Crippen molar-refractivity contribution in [2.24, 2.45) is 0 Å². The molecule has 5 heterocycles. The van der Waals surface area contributed by atoms with E-state index in [-0.39, 0.29) is 46.8 Å². The van der Waals surface area contributed by atoms with Crippen LogP contribution in [0.15, 0.2) is 67.4 Å². The van der Waals surface area contributed by atoms with E-state index in [0.29, 0.717) is 17.8 Å². The van der Waals surface area contributed by atoms with Crippen LogP contribution in [0, 0.1) is 5.82 Å². The van der Waals surface area contributed by atoms with E-state index in [0.717, 1.165) is 10.7 Å². The number of aryl methyl sites for hydroxylation is 2. The van der Waals surface area contributed by atoms with Crippen LogP contribution in [-0.2, 0) is 12.8 Å². The molecule has 0 saturated carbocycles. The molecule has 0 fully saturated rings. The topological polar surface area (TPSA) is 245 Å². The normalized spacial score (nSPS) is 10.9. The van der Waals surface area contributed by atoms with E-state index in [4.69, 9.17) is 0 Å². The van der Waals surface area contributed by atoms with Crippen molar-refractivity contribution in [1.29, 1.82) is 0 Å². The van der Waals surface area contributed by atoms with Crippen LogP contribution < -0.4 is 10.6 Å². The van der Waals surface area contributed by atoms with Gasteiger partial charge in [-0.25, -0.2) is 23.9 Å². The van der Waals surface area contributed by atoms with Gasteiger partial charge >= 0.3 is 11.9 Å². The lowest BCUT2D eigenvalue weighted by molar-refractivity contribution is 0.0683. The molecule has 0 aliphatic rings. The number of imidazole rings is 1. The van der Waals surface area contributed by atoms with Gasteiger partial charge in [-0.05, 0) is 83.3 Å². The Balaban J connectivity index is 1.15. The van der Waals surface area contributed by atoms with Crippen molar-refractivity contribution in [3.05, 3.63) is 107 Å². The Kier molecular flexibility index (Phi) is 8.47. The number of rotatable bonds is 11. The molecule has 6 aromatic rings. The van der Waals surface area contributed by atoms with Crippen LogP contribution in [0.1, 0.15) is 59.4 Å². The van der Waals surface area contributed by atoms with Crippen LogP contribution >= 0.6 is 0 Å². The molecule has 19 heteroatoms. The highest BCUT2D eigenvalue weighted by atomic mass is 19.1. The third-order valence-electron chi connectivity index (χ3n) is 6.93. The van der Waals surface area contributed by atoms with Gasteiger partial charge in [0.15, 0.2) is 28.5 Å². The summed E-state index contributed by atoms with van der Waals surface area (Å²) in [5.74, 6) is -4.70. The fourth-order valence-corrected chi connectivity index (χ4v) is 4.61. The molecule has 5 aromatic heterocycles. The Bertz CT molecular complexity index is 2190. The van der Waals surface area contributed by atoms with Crippen molar-refractivity contribution in [2.75, 3.05) is 10.6 Å². The summed E-state index contributed by atoms with van der Waals surface area (Å²) in [5.41, 5.74) is -0.372. The number of anilines is 2. The number of nitrogens with one attached hydrogen (secondary N) is 2. The molecule has 4 N–H and O–H groups in total. The zero-order chi connectivity index (χ0) is 33.8. The minimum atomic E-state index is -1.46. The third kappa shape index (κ3) is 6.63. The summed E-state index contributed by atoms with van der Waals surface area (Å²) in [4.78, 5) is 57.3. The average molecular weight is 653 g/mol. The maximum absolute atomic E-state index is 15.0. The molecule has 0 saturated heterocycles. The predicted octanol–water partition coefficient (Wildman–Crippen LogP) is 2.11. The smallest absolute Gasteiger partial charge is 0.356 e. The lowest BCUT2D eigenvalue weighted by Gasteiger charge is -2.13. The number of aromatic nitrogens is 10. The van der Waals surface area contributed by atoms with Crippen molar-refractivity contribution in [3.8, 4) is 5.82 Å². The molecule has 0 aliphatic heterocycles. The summed E-state index contributed by atoms with van der Waals surface area (Å²) in [5, 5.41) is 46.8. The number of hydrogen-bond donors (Lipinski definition) is 4. The van der Waals surface area contributed by atoms with Gasteiger partial charge in [-0.15, -0.1) is 25.0 Å². The molecule has 0 atom stereocenters. The molecule has 18 nitrogen and oxygen atoms in total. The molecule has 48 heavy (non-hydrogen) atoms. The predicted molar refractivity (Wildman–Crippen MR) is 160 cm³/mol. The number of aromatic carboxylic acids is 2. The summed E-state index contributed by atoms with van der Waals surface area (Å²) in [7, 11) is 0. The minimum absolute atomic E-state index is 0.0736. The second kappa shape index (κ2) is 13.1. The number of fused-ring (bicyclic) bond motifs is 1. The molecule has 0 bridgehead atoms. The Morgan fingerprint density at radius 2 is 1.65 bits per heavy atom. The highest BCUT2D eigenvalue weighted by Crippen LogP contribution is 2.24. The molecule has 0 radical (unpaired) electrons. The molecular weight excluding hydrogens is 631 g/mol. The second-order valence-electron chi connectivity index (χ2n) is 10.1. The maximum Gasteiger partial charge on any atom is 0.356 e. The van der Waals surface area contributed by atoms with Crippen molar-refractivity contribution in [2.45, 2.75) is 19.3 Å². The number of carbonyl (C=O) groups is 4. The first-order valence-corrected chi connectivity index (χ1v) is 13.9. The van der Waals surface area contributed by atoms with E-state index in [1.807, 2.05) is 0 Å². The molecule has 6 rings (SSSR count). The molecule has 0 unspecified atom stereocenters. The highest BCUT2D eigenvalue weighted by Gasteiger charge is 2.20. The van der Waals surface area contributed by atoms with Crippen molar-refractivity contribution >= 4 is 40.8 Å². The molecule has 2 amide bonds. The zero-order valence-electron chi connectivity index (χ0n) is 24.3.